The topological polar surface area (TPSA) is 76.0 Å². The van der Waals surface area contributed by atoms with E-state index in [1.165, 1.54) is 14.0 Å². The second-order valence-corrected chi connectivity index (χ2v) is 3.36. The fraction of sp³-hybridized carbons (Fsp3) is 1.00. The second kappa shape index (κ2) is 3.29. The SMILES string of the molecule is COOC(C)P(=O)(O)O. The monoisotopic (exact) mass is 156 g/mol. The van der Waals surface area contributed by atoms with E-state index in [1.807, 2.05) is 0 Å². The smallest absolute Gasteiger partial charge is 0.323 e. The molecule has 0 rings (SSSR count). The van der Waals surface area contributed by atoms with Crippen molar-refractivity contribution in [2.75, 3.05) is 7.11 Å². The molecule has 0 aromatic carbocycles. The highest BCUT2D eigenvalue weighted by molar-refractivity contribution is 7.52. The Morgan fingerprint density at radius 1 is 1.56 bits per heavy atom. The molecule has 0 aromatic rings. The lowest BCUT2D eigenvalue weighted by atomic mass is 10.9. The molecule has 2 N–H and O–H groups in total. The molecule has 0 bridgehead atoms. The molecule has 0 spiro atoms. The maximum atomic E-state index is 10.2. The Bertz CT molecular complexity index is 117. The number of rotatable bonds is 3. The van der Waals surface area contributed by atoms with Crippen molar-refractivity contribution in [1.29, 1.82) is 0 Å². The quantitative estimate of drug-likeness (QED) is 0.344. The van der Waals surface area contributed by atoms with Crippen LogP contribution in [0, 0.1) is 0 Å². The predicted molar refractivity (Wildman–Crippen MR) is 29.6 cm³/mol. The van der Waals surface area contributed by atoms with Crippen molar-refractivity contribution in [3.8, 4) is 0 Å². The third-order valence-corrected chi connectivity index (χ3v) is 1.74. The molecule has 9 heavy (non-hydrogen) atoms. The first-order valence-corrected chi connectivity index (χ1v) is 3.91. The molecule has 0 aromatic heterocycles. The van der Waals surface area contributed by atoms with Gasteiger partial charge < -0.3 is 9.79 Å². The predicted octanol–water partition coefficient (Wildman–Crippen LogP) is 0.0881. The maximum absolute atomic E-state index is 10.2. The molecule has 0 aliphatic heterocycles. The molecule has 0 heterocycles. The summed E-state index contributed by atoms with van der Waals surface area (Å²) in [4.78, 5) is 24.8. The van der Waals surface area contributed by atoms with Gasteiger partial charge in [0.25, 0.3) is 0 Å². The normalized spacial score (nSPS) is 15.6. The highest BCUT2D eigenvalue weighted by atomic mass is 31.2. The summed E-state index contributed by atoms with van der Waals surface area (Å²) >= 11 is 0. The molecule has 0 aliphatic carbocycles. The average Bonchev–Trinajstić information content (AvgIpc) is 1.64. The molecular formula is C3H9O5P. The van der Waals surface area contributed by atoms with Gasteiger partial charge in [-0.15, -0.1) is 0 Å². The van der Waals surface area contributed by atoms with Gasteiger partial charge in [-0.25, -0.2) is 9.78 Å². The van der Waals surface area contributed by atoms with Gasteiger partial charge in [-0.1, -0.05) is 0 Å². The molecule has 56 valence electrons. The van der Waals surface area contributed by atoms with Gasteiger partial charge in [0.2, 0.25) is 0 Å². The largest absolute Gasteiger partial charge is 0.357 e. The van der Waals surface area contributed by atoms with Crippen molar-refractivity contribution < 1.29 is 24.1 Å². The van der Waals surface area contributed by atoms with Crippen LogP contribution in [0.4, 0.5) is 0 Å². The maximum Gasteiger partial charge on any atom is 0.357 e. The van der Waals surface area contributed by atoms with E-state index < -0.39 is 13.4 Å². The molecule has 6 heteroatoms. The minimum atomic E-state index is -4.12. The molecule has 5 nitrogen and oxygen atoms in total. The third-order valence-electron chi connectivity index (χ3n) is 0.709. The van der Waals surface area contributed by atoms with Crippen molar-refractivity contribution in [1.82, 2.24) is 0 Å². The molecule has 0 amide bonds. The molecule has 1 atom stereocenters. The van der Waals surface area contributed by atoms with Crippen molar-refractivity contribution in [2.24, 2.45) is 0 Å². The summed E-state index contributed by atoms with van der Waals surface area (Å²) in [6.45, 7) is 1.23. The average molecular weight is 156 g/mol. The van der Waals surface area contributed by atoms with Gasteiger partial charge in [-0.3, -0.25) is 4.57 Å². The highest BCUT2D eigenvalue weighted by Crippen LogP contribution is 2.41. The minimum Gasteiger partial charge on any atom is -0.323 e. The summed E-state index contributed by atoms with van der Waals surface area (Å²) in [5, 5.41) is 0. The number of hydrogen-bond acceptors (Lipinski definition) is 3. The lowest BCUT2D eigenvalue weighted by Crippen LogP contribution is -2.07. The Labute approximate surface area is 52.7 Å². The van der Waals surface area contributed by atoms with Crippen LogP contribution in [0.1, 0.15) is 6.92 Å². The van der Waals surface area contributed by atoms with Crippen molar-refractivity contribution in [2.45, 2.75) is 12.8 Å². The molecule has 0 radical (unpaired) electrons. The van der Waals surface area contributed by atoms with E-state index in [9.17, 15) is 4.57 Å². The van der Waals surface area contributed by atoms with E-state index in [2.05, 4.69) is 9.78 Å². The summed E-state index contributed by atoms with van der Waals surface area (Å²) < 4.78 is 10.2. The Balaban J connectivity index is 3.74. The third kappa shape index (κ3) is 3.61. The van der Waals surface area contributed by atoms with Crippen LogP contribution in [0.3, 0.4) is 0 Å². The first kappa shape index (κ1) is 9.07. The molecule has 0 saturated heterocycles. The van der Waals surface area contributed by atoms with Gasteiger partial charge in [0.05, 0.1) is 7.11 Å². The zero-order valence-corrected chi connectivity index (χ0v) is 6.04. The van der Waals surface area contributed by atoms with Crippen LogP contribution in [-0.2, 0) is 14.3 Å². The zero-order valence-electron chi connectivity index (χ0n) is 5.14. The van der Waals surface area contributed by atoms with E-state index >= 15 is 0 Å². The van der Waals surface area contributed by atoms with Gasteiger partial charge in [0.15, 0.2) is 5.85 Å². The van der Waals surface area contributed by atoms with E-state index in [0.717, 1.165) is 0 Å². The van der Waals surface area contributed by atoms with Crippen LogP contribution in [0.5, 0.6) is 0 Å². The van der Waals surface area contributed by atoms with Crippen LogP contribution in [0.25, 0.3) is 0 Å². The van der Waals surface area contributed by atoms with Crippen LogP contribution >= 0.6 is 7.60 Å². The molecular weight excluding hydrogens is 147 g/mol. The highest BCUT2D eigenvalue weighted by Gasteiger charge is 2.25. The molecule has 0 saturated carbocycles. The fourth-order valence-electron chi connectivity index (χ4n) is 0.195. The summed E-state index contributed by atoms with van der Waals surface area (Å²) in [5.74, 6) is -1.19. The Morgan fingerprint density at radius 2 is 2.00 bits per heavy atom. The van der Waals surface area contributed by atoms with Crippen LogP contribution in [0.2, 0.25) is 0 Å². The van der Waals surface area contributed by atoms with Crippen LogP contribution in [-0.4, -0.2) is 22.7 Å². The Morgan fingerprint density at radius 3 is 2.11 bits per heavy atom. The van der Waals surface area contributed by atoms with Gasteiger partial charge in [0.1, 0.15) is 0 Å². The Kier molecular flexibility index (Phi) is 3.32. The fourth-order valence-corrected chi connectivity index (χ4v) is 0.393. The summed E-state index contributed by atoms with van der Waals surface area (Å²) in [6, 6.07) is 0. The standard InChI is InChI=1S/C3H9O5P/c1-3(8-7-2)9(4,5)6/h3H,1-2H3,(H2,4,5,6). The number of hydrogen-bond donors (Lipinski definition) is 2. The zero-order chi connectivity index (χ0) is 7.49. The van der Waals surface area contributed by atoms with Crippen LogP contribution in [0.15, 0.2) is 0 Å². The van der Waals surface area contributed by atoms with E-state index in [-0.39, 0.29) is 0 Å². The molecule has 1 unspecified atom stereocenters. The van der Waals surface area contributed by atoms with Gasteiger partial charge in [-0.2, -0.15) is 0 Å². The molecule has 0 aliphatic rings. The summed E-state index contributed by atoms with van der Waals surface area (Å²) in [5.41, 5.74) is 0. The summed E-state index contributed by atoms with van der Waals surface area (Å²) in [6.07, 6.45) is 0. The first-order valence-electron chi connectivity index (χ1n) is 2.23. The van der Waals surface area contributed by atoms with E-state index in [0.29, 0.717) is 0 Å². The van der Waals surface area contributed by atoms with Crippen molar-refractivity contribution >= 4 is 7.60 Å². The van der Waals surface area contributed by atoms with Gasteiger partial charge in [0, 0.05) is 0 Å². The van der Waals surface area contributed by atoms with Gasteiger partial charge in [-0.05, 0) is 6.92 Å². The lowest BCUT2D eigenvalue weighted by molar-refractivity contribution is -0.284. The molecule has 0 fully saturated rings. The van der Waals surface area contributed by atoms with E-state index in [4.69, 9.17) is 9.79 Å². The first-order chi connectivity index (χ1) is 3.98. The minimum absolute atomic E-state index is 1.19. The van der Waals surface area contributed by atoms with Crippen molar-refractivity contribution in [3.63, 3.8) is 0 Å². The van der Waals surface area contributed by atoms with Crippen molar-refractivity contribution in [3.05, 3.63) is 0 Å². The Hall–Kier alpha value is 0.0700. The van der Waals surface area contributed by atoms with E-state index in [1.54, 1.807) is 0 Å². The summed E-state index contributed by atoms with van der Waals surface area (Å²) in [7, 11) is -2.93. The van der Waals surface area contributed by atoms with Gasteiger partial charge >= 0.3 is 7.60 Å². The second-order valence-electron chi connectivity index (χ2n) is 1.45. The van der Waals surface area contributed by atoms with Crippen LogP contribution < -0.4 is 0 Å². The lowest BCUT2D eigenvalue weighted by Gasteiger charge is -2.10.